The highest BCUT2D eigenvalue weighted by Gasteiger charge is 2.41. The Hall–Kier alpha value is -1.52. The Bertz CT molecular complexity index is 1140. The number of ether oxygens (including phenoxy) is 1. The maximum Gasteiger partial charge on any atom is 0.490 e. The van der Waals surface area contributed by atoms with Crippen LogP contribution in [0.1, 0.15) is 19.1 Å². The van der Waals surface area contributed by atoms with Crippen molar-refractivity contribution in [2.75, 3.05) is 19.5 Å². The monoisotopic (exact) mass is 523 g/mol. The first-order valence-electron chi connectivity index (χ1n) is 8.35. The van der Waals surface area contributed by atoms with Gasteiger partial charge in [0.05, 0.1) is 19.0 Å². The van der Waals surface area contributed by atoms with Crippen molar-refractivity contribution in [2.45, 2.75) is 25.2 Å². The van der Waals surface area contributed by atoms with E-state index in [1.54, 1.807) is 0 Å². The highest BCUT2D eigenvalue weighted by Crippen LogP contribution is 2.66. The van der Waals surface area contributed by atoms with Gasteiger partial charge in [-0.15, -0.1) is 0 Å². The van der Waals surface area contributed by atoms with Gasteiger partial charge in [0, 0.05) is 7.11 Å². The first kappa shape index (κ1) is 26.7. The van der Waals surface area contributed by atoms with E-state index in [-0.39, 0.29) is 17.1 Å². The van der Waals surface area contributed by atoms with Crippen LogP contribution in [0, 0.1) is 0 Å². The fourth-order valence-electron chi connectivity index (χ4n) is 2.65. The second-order valence-electron chi connectivity index (χ2n) is 5.95. The fraction of sp³-hybridized carbons (Fsp3) is 0.545. The molecule has 2 aromatic heterocycles. The summed E-state index contributed by atoms with van der Waals surface area (Å²) >= 11 is 0. The molecule has 1 aliphatic heterocycles. The summed E-state index contributed by atoms with van der Waals surface area (Å²) in [6, 6.07) is 0. The lowest BCUT2D eigenvalue weighted by atomic mass is 10.2. The average Bonchev–Trinajstić information content (AvgIpc) is 3.25. The molecule has 4 atom stereocenters. The number of nitrogens with two attached hydrogens (primary N) is 1. The van der Waals surface area contributed by atoms with E-state index in [9.17, 15) is 23.4 Å². The van der Waals surface area contributed by atoms with Crippen molar-refractivity contribution in [3.05, 3.63) is 16.7 Å². The molecule has 3 rings (SSSR count). The van der Waals surface area contributed by atoms with E-state index in [2.05, 4.69) is 28.1 Å². The summed E-state index contributed by atoms with van der Waals surface area (Å²) in [6.07, 6.45) is 0.528. The van der Waals surface area contributed by atoms with Gasteiger partial charge in [0.1, 0.15) is 6.23 Å². The molecule has 3 heterocycles. The zero-order valence-electron chi connectivity index (χ0n) is 16.1. The summed E-state index contributed by atoms with van der Waals surface area (Å²) in [6.45, 7) is -0.580. The number of hydrogen-bond donors (Lipinski definition) is 7. The molecule has 1 fully saturated rings. The van der Waals surface area contributed by atoms with Gasteiger partial charge in [-0.2, -0.15) is 13.6 Å². The van der Waals surface area contributed by atoms with Gasteiger partial charge >= 0.3 is 23.5 Å². The van der Waals surface area contributed by atoms with Gasteiger partial charge in [0.25, 0.3) is 5.56 Å². The molecular formula is C11H20N5O13P3. The van der Waals surface area contributed by atoms with Crippen LogP contribution in [0.2, 0.25) is 0 Å². The van der Waals surface area contributed by atoms with Gasteiger partial charge in [0.2, 0.25) is 5.95 Å². The third kappa shape index (κ3) is 7.25. The Morgan fingerprint density at radius 3 is 2.47 bits per heavy atom. The maximum absolute atomic E-state index is 11.8. The molecule has 0 aliphatic carbocycles. The molecule has 1 saturated heterocycles. The zero-order chi connectivity index (χ0) is 24.3. The van der Waals surface area contributed by atoms with Crippen molar-refractivity contribution in [1.29, 1.82) is 0 Å². The number of aliphatic hydroxyl groups excluding tert-OH is 1. The summed E-state index contributed by atoms with van der Waals surface area (Å²) in [7, 11) is -15.3. The number of phosphoric acid groups is 3. The van der Waals surface area contributed by atoms with Crippen molar-refractivity contribution in [3.63, 3.8) is 0 Å². The van der Waals surface area contributed by atoms with Gasteiger partial charge in [-0.1, -0.05) is 0 Å². The quantitative estimate of drug-likeness (QED) is 0.211. The number of hydrogen-bond acceptors (Lipinski definition) is 12. The molecule has 0 spiro atoms. The SMILES string of the molecule is CO.Nc1nc2c(ncn2C2CCC(COP(=O)(O)OP(=O)(O)OP(=O)(O)O)O2)c(=O)[nH]1. The number of nitrogens with zero attached hydrogens (tertiary/aromatic N) is 3. The van der Waals surface area contributed by atoms with E-state index in [4.69, 9.17) is 30.3 Å². The van der Waals surface area contributed by atoms with E-state index >= 15 is 0 Å². The highest BCUT2D eigenvalue weighted by molar-refractivity contribution is 7.66. The minimum absolute atomic E-state index is 0.0320. The van der Waals surface area contributed by atoms with Crippen LogP contribution in [0.15, 0.2) is 11.1 Å². The summed E-state index contributed by atoms with van der Waals surface area (Å²) in [5, 5.41) is 7.00. The van der Waals surface area contributed by atoms with E-state index in [1.165, 1.54) is 10.9 Å². The van der Waals surface area contributed by atoms with Gasteiger partial charge in [0.15, 0.2) is 11.2 Å². The van der Waals surface area contributed by atoms with Crippen LogP contribution < -0.4 is 11.3 Å². The lowest BCUT2D eigenvalue weighted by Crippen LogP contribution is -2.17. The van der Waals surface area contributed by atoms with Crippen molar-refractivity contribution >= 4 is 40.6 Å². The van der Waals surface area contributed by atoms with Crippen LogP contribution in [0.5, 0.6) is 0 Å². The number of nitrogens with one attached hydrogen (secondary N) is 1. The second kappa shape index (κ2) is 10.2. The number of aliphatic hydroxyl groups is 1. The van der Waals surface area contributed by atoms with Crippen molar-refractivity contribution in [1.82, 2.24) is 19.5 Å². The molecule has 182 valence electrons. The highest BCUT2D eigenvalue weighted by atomic mass is 31.3. The van der Waals surface area contributed by atoms with Crippen LogP contribution >= 0.6 is 23.5 Å². The molecule has 0 amide bonds. The second-order valence-corrected chi connectivity index (χ2v) is 10.4. The number of H-pyrrole nitrogens is 1. The summed E-state index contributed by atoms with van der Waals surface area (Å²) < 4.78 is 52.5. The Labute approximate surface area is 178 Å². The maximum atomic E-state index is 11.8. The summed E-state index contributed by atoms with van der Waals surface area (Å²) in [5.41, 5.74) is 5.17. The molecule has 4 unspecified atom stereocenters. The lowest BCUT2D eigenvalue weighted by Gasteiger charge is -2.18. The molecule has 0 aromatic carbocycles. The van der Waals surface area contributed by atoms with Crippen LogP contribution in [0.3, 0.4) is 0 Å². The molecule has 21 heteroatoms. The van der Waals surface area contributed by atoms with Gasteiger partial charge in [-0.25, -0.2) is 18.7 Å². The largest absolute Gasteiger partial charge is 0.490 e. The van der Waals surface area contributed by atoms with Crippen LogP contribution in [0.25, 0.3) is 11.2 Å². The van der Waals surface area contributed by atoms with E-state index < -0.39 is 48.0 Å². The van der Waals surface area contributed by atoms with Crippen LogP contribution in [0.4, 0.5) is 5.95 Å². The number of anilines is 1. The first-order chi connectivity index (χ1) is 14.7. The first-order valence-corrected chi connectivity index (χ1v) is 12.9. The van der Waals surface area contributed by atoms with E-state index in [0.29, 0.717) is 12.8 Å². The Morgan fingerprint density at radius 1 is 1.19 bits per heavy atom. The number of phosphoric ester groups is 1. The Morgan fingerprint density at radius 2 is 1.84 bits per heavy atom. The van der Waals surface area contributed by atoms with Crippen LogP contribution in [-0.4, -0.2) is 64.0 Å². The molecule has 1 aliphatic rings. The normalized spacial score (nSPS) is 22.7. The number of nitrogen functional groups attached to an aromatic ring is 1. The number of rotatable bonds is 8. The predicted octanol–water partition coefficient (Wildman–Crippen LogP) is -0.669. The number of aromatic nitrogens is 4. The molecule has 8 N–H and O–H groups in total. The number of aromatic amines is 1. The zero-order valence-corrected chi connectivity index (χ0v) is 18.8. The smallest absolute Gasteiger partial charge is 0.400 e. The minimum atomic E-state index is -5.59. The van der Waals surface area contributed by atoms with Gasteiger partial charge < -0.3 is 35.2 Å². The molecule has 2 aromatic rings. The number of fused-ring (bicyclic) bond motifs is 1. The van der Waals surface area contributed by atoms with Crippen molar-refractivity contribution < 1.29 is 56.3 Å². The topological polar surface area (TPSA) is 279 Å². The molecular weight excluding hydrogens is 503 g/mol. The third-order valence-electron chi connectivity index (χ3n) is 3.69. The van der Waals surface area contributed by atoms with Crippen molar-refractivity contribution in [2.24, 2.45) is 0 Å². The lowest BCUT2D eigenvalue weighted by molar-refractivity contribution is -0.0205. The van der Waals surface area contributed by atoms with Gasteiger partial charge in [-0.05, 0) is 12.8 Å². The Balaban J connectivity index is 0.00000176. The standard InChI is InChI=1S/C10H16N5O12P3.CH4O/c11-10-13-8-7(9(16)14-10)12-4-15(8)6-2-1-5(25-6)3-24-29(20,21)27-30(22,23)26-28(17,18)19;1-2/h4-6H,1-3H2,(H,20,21)(H,22,23)(H2,17,18,19)(H3,11,13,14,16);2H,1H3. The Kier molecular flexibility index (Phi) is 8.50. The molecule has 0 radical (unpaired) electrons. The molecule has 18 nitrogen and oxygen atoms in total. The van der Waals surface area contributed by atoms with Crippen molar-refractivity contribution in [3.8, 4) is 0 Å². The minimum Gasteiger partial charge on any atom is -0.400 e. The third-order valence-corrected chi connectivity index (χ3v) is 7.49. The average molecular weight is 523 g/mol. The predicted molar refractivity (Wildman–Crippen MR) is 104 cm³/mol. The fourth-order valence-corrected chi connectivity index (χ4v) is 5.70. The summed E-state index contributed by atoms with van der Waals surface area (Å²) in [4.78, 5) is 57.6. The van der Waals surface area contributed by atoms with Gasteiger partial charge in [-0.3, -0.25) is 18.9 Å². The molecule has 0 saturated carbocycles. The molecule has 0 bridgehead atoms. The number of imidazole rings is 1. The molecule has 32 heavy (non-hydrogen) atoms. The van der Waals surface area contributed by atoms with E-state index in [1.807, 2.05) is 0 Å². The van der Waals surface area contributed by atoms with E-state index in [0.717, 1.165) is 7.11 Å². The summed E-state index contributed by atoms with van der Waals surface area (Å²) in [5.74, 6) is -0.128. The van der Waals surface area contributed by atoms with Crippen LogP contribution in [-0.2, 0) is 31.6 Å².